The lowest BCUT2D eigenvalue weighted by molar-refractivity contribution is -0.130. The predicted molar refractivity (Wildman–Crippen MR) is 125 cm³/mol. The molecule has 1 aromatic carbocycles. The quantitative estimate of drug-likeness (QED) is 0.629. The van der Waals surface area contributed by atoms with E-state index in [0.29, 0.717) is 18.1 Å². The molecule has 3 atom stereocenters. The van der Waals surface area contributed by atoms with E-state index < -0.39 is 5.92 Å². The predicted octanol–water partition coefficient (Wildman–Crippen LogP) is 4.83. The highest BCUT2D eigenvalue weighted by Gasteiger charge is 2.42. The van der Waals surface area contributed by atoms with E-state index in [1.54, 1.807) is 0 Å². The molecule has 2 aliphatic heterocycles. The maximum atomic E-state index is 13.6. The average molecular weight is 472 g/mol. The van der Waals surface area contributed by atoms with Gasteiger partial charge in [0.1, 0.15) is 12.2 Å². The Morgan fingerprint density at radius 1 is 1.09 bits per heavy atom. The van der Waals surface area contributed by atoms with Gasteiger partial charge in [-0.2, -0.15) is 0 Å². The summed E-state index contributed by atoms with van der Waals surface area (Å²) in [4.78, 5) is 15.6. The fourth-order valence-electron chi connectivity index (χ4n) is 6.37. The van der Waals surface area contributed by atoms with Crippen molar-refractivity contribution in [2.45, 2.75) is 94.8 Å². The number of nitrogens with zero attached hydrogens (tertiary/aromatic N) is 4. The van der Waals surface area contributed by atoms with Gasteiger partial charge in [0.05, 0.1) is 6.04 Å². The number of aryl methyl sites for hydroxylation is 1. The van der Waals surface area contributed by atoms with Crippen LogP contribution in [0.5, 0.6) is 0 Å². The van der Waals surface area contributed by atoms with Gasteiger partial charge in [-0.15, -0.1) is 10.2 Å². The number of carbonyl (C=O) groups excluding carboxylic acids is 1. The van der Waals surface area contributed by atoms with Crippen molar-refractivity contribution < 1.29 is 13.6 Å². The van der Waals surface area contributed by atoms with Gasteiger partial charge in [0.15, 0.2) is 0 Å². The van der Waals surface area contributed by atoms with E-state index in [2.05, 4.69) is 37.1 Å². The second-order valence-corrected chi connectivity index (χ2v) is 10.4. The van der Waals surface area contributed by atoms with E-state index in [-0.39, 0.29) is 43.6 Å². The lowest BCUT2D eigenvalue weighted by Crippen LogP contribution is -2.45. The van der Waals surface area contributed by atoms with Gasteiger partial charge in [-0.3, -0.25) is 9.69 Å². The molecule has 2 bridgehead atoms. The SMILES string of the molecule is Cc1nncn1C1CC2CCC(C1)N2CC[C@H](NC(=O)C1CCC(F)(F)CC1)c1ccccc1. The van der Waals surface area contributed by atoms with Crippen LogP contribution in [0.2, 0.25) is 0 Å². The Bertz CT molecular complexity index is 957. The largest absolute Gasteiger partial charge is 0.349 e. The van der Waals surface area contributed by atoms with Crippen LogP contribution in [0.1, 0.15) is 81.3 Å². The van der Waals surface area contributed by atoms with E-state index in [9.17, 15) is 13.6 Å². The van der Waals surface area contributed by atoms with Crippen molar-refractivity contribution in [3.63, 3.8) is 0 Å². The summed E-state index contributed by atoms with van der Waals surface area (Å²) in [5.74, 6) is -2.03. The standard InChI is InChI=1S/C26H35F2N5O/c1-18-31-29-17-33(18)23-15-21-7-8-22(16-23)32(21)14-11-24(19-5-3-2-4-6-19)30-25(34)20-9-12-26(27,28)13-10-20/h2-6,17,20-24H,7-16H2,1H3,(H,30,34)/t21?,22?,23?,24-/m0/s1. The van der Waals surface area contributed by atoms with Crippen molar-refractivity contribution in [1.29, 1.82) is 0 Å². The number of alkyl halides is 2. The highest BCUT2D eigenvalue weighted by atomic mass is 19.3. The molecule has 2 unspecified atom stereocenters. The topological polar surface area (TPSA) is 63.1 Å². The van der Waals surface area contributed by atoms with Crippen molar-refractivity contribution in [3.8, 4) is 0 Å². The van der Waals surface area contributed by atoms with Crippen LogP contribution in [0.4, 0.5) is 8.78 Å². The summed E-state index contributed by atoms with van der Waals surface area (Å²) in [6, 6.07) is 11.5. The molecule has 3 heterocycles. The molecule has 5 rings (SSSR count). The molecule has 0 radical (unpaired) electrons. The van der Waals surface area contributed by atoms with Crippen molar-refractivity contribution in [3.05, 3.63) is 48.0 Å². The van der Waals surface area contributed by atoms with Gasteiger partial charge in [0.25, 0.3) is 0 Å². The fourth-order valence-corrected chi connectivity index (χ4v) is 6.37. The number of hydrogen-bond acceptors (Lipinski definition) is 4. The first-order valence-electron chi connectivity index (χ1n) is 12.7. The number of rotatable bonds is 7. The molecular weight excluding hydrogens is 436 g/mol. The van der Waals surface area contributed by atoms with Crippen LogP contribution in [0.3, 0.4) is 0 Å². The first-order chi connectivity index (χ1) is 16.4. The van der Waals surface area contributed by atoms with Gasteiger partial charge >= 0.3 is 0 Å². The van der Waals surface area contributed by atoms with Crippen molar-refractivity contribution in [2.75, 3.05) is 6.54 Å². The Hall–Kier alpha value is -2.35. The van der Waals surface area contributed by atoms with Gasteiger partial charge in [0.2, 0.25) is 11.8 Å². The molecule has 3 aliphatic rings. The van der Waals surface area contributed by atoms with Gasteiger partial charge in [-0.1, -0.05) is 30.3 Å². The third-order valence-corrected chi connectivity index (χ3v) is 8.29. The molecule has 1 N–H and O–H groups in total. The number of benzene rings is 1. The molecule has 1 amide bonds. The summed E-state index contributed by atoms with van der Waals surface area (Å²) in [7, 11) is 0. The Kier molecular flexibility index (Phi) is 6.69. The number of piperidine rings is 1. The number of amides is 1. The minimum atomic E-state index is -2.62. The van der Waals surface area contributed by atoms with E-state index in [4.69, 9.17) is 0 Å². The summed E-state index contributed by atoms with van der Waals surface area (Å²) >= 11 is 0. The first kappa shape index (κ1) is 23.4. The minimum absolute atomic E-state index is 0.0749. The number of carbonyl (C=O) groups is 1. The van der Waals surface area contributed by atoms with Crippen LogP contribution < -0.4 is 5.32 Å². The molecule has 1 aliphatic carbocycles. The van der Waals surface area contributed by atoms with E-state index in [1.807, 2.05) is 31.5 Å². The third kappa shape index (κ3) is 5.02. The number of fused-ring (bicyclic) bond motifs is 2. The maximum Gasteiger partial charge on any atom is 0.248 e. The second-order valence-electron chi connectivity index (χ2n) is 10.4. The Morgan fingerprint density at radius 2 is 1.76 bits per heavy atom. The van der Waals surface area contributed by atoms with Crippen molar-refractivity contribution >= 4 is 5.91 Å². The zero-order valence-electron chi connectivity index (χ0n) is 19.9. The summed E-state index contributed by atoms with van der Waals surface area (Å²) < 4.78 is 29.4. The number of aromatic nitrogens is 3. The van der Waals surface area contributed by atoms with Crippen LogP contribution in [0.15, 0.2) is 36.7 Å². The van der Waals surface area contributed by atoms with E-state index >= 15 is 0 Å². The zero-order chi connectivity index (χ0) is 23.7. The molecule has 2 aromatic rings. The fraction of sp³-hybridized carbons (Fsp3) is 0.654. The smallest absolute Gasteiger partial charge is 0.248 e. The highest BCUT2D eigenvalue weighted by Crippen LogP contribution is 2.41. The first-order valence-corrected chi connectivity index (χ1v) is 12.7. The molecular formula is C26H35F2N5O. The van der Waals surface area contributed by atoms with Crippen molar-refractivity contribution in [1.82, 2.24) is 25.0 Å². The Morgan fingerprint density at radius 3 is 2.38 bits per heavy atom. The van der Waals surface area contributed by atoms with Crippen LogP contribution in [0.25, 0.3) is 0 Å². The highest BCUT2D eigenvalue weighted by molar-refractivity contribution is 5.79. The summed E-state index contributed by atoms with van der Waals surface area (Å²) in [5.41, 5.74) is 1.08. The monoisotopic (exact) mass is 471 g/mol. The van der Waals surface area contributed by atoms with Gasteiger partial charge in [0, 0.05) is 43.4 Å². The third-order valence-electron chi connectivity index (χ3n) is 8.29. The normalized spacial score (nSPS) is 28.0. The Balaban J connectivity index is 1.22. The van der Waals surface area contributed by atoms with Gasteiger partial charge in [-0.25, -0.2) is 8.78 Å². The van der Waals surface area contributed by atoms with Gasteiger partial charge < -0.3 is 9.88 Å². The molecule has 1 saturated carbocycles. The Labute approximate surface area is 200 Å². The molecule has 3 fully saturated rings. The van der Waals surface area contributed by atoms with Gasteiger partial charge in [-0.05, 0) is 57.4 Å². The van der Waals surface area contributed by atoms with E-state index in [1.165, 1.54) is 12.8 Å². The van der Waals surface area contributed by atoms with Crippen LogP contribution in [-0.4, -0.2) is 50.1 Å². The lowest BCUT2D eigenvalue weighted by Gasteiger charge is -2.40. The van der Waals surface area contributed by atoms with Crippen molar-refractivity contribution in [2.24, 2.45) is 5.92 Å². The van der Waals surface area contributed by atoms with Crippen LogP contribution in [-0.2, 0) is 4.79 Å². The zero-order valence-corrected chi connectivity index (χ0v) is 19.9. The summed E-state index contributed by atoms with van der Waals surface area (Å²) in [6.07, 6.45) is 7.46. The maximum absolute atomic E-state index is 13.6. The number of nitrogens with one attached hydrogen (secondary N) is 1. The second kappa shape index (κ2) is 9.72. The average Bonchev–Trinajstić information content (AvgIpc) is 3.35. The molecule has 1 aromatic heterocycles. The molecule has 6 nitrogen and oxygen atoms in total. The minimum Gasteiger partial charge on any atom is -0.349 e. The molecule has 0 spiro atoms. The summed E-state index contributed by atoms with van der Waals surface area (Å²) in [5, 5.41) is 11.5. The van der Waals surface area contributed by atoms with Crippen LogP contribution in [0, 0.1) is 12.8 Å². The lowest BCUT2D eigenvalue weighted by atomic mass is 9.86. The molecule has 8 heteroatoms. The molecule has 2 saturated heterocycles. The van der Waals surface area contributed by atoms with Crippen LogP contribution >= 0.6 is 0 Å². The summed E-state index contributed by atoms with van der Waals surface area (Å²) in [6.45, 7) is 2.94. The number of hydrogen-bond donors (Lipinski definition) is 1. The molecule has 34 heavy (non-hydrogen) atoms. The number of halogens is 2. The van der Waals surface area contributed by atoms with E-state index in [0.717, 1.165) is 37.2 Å². The molecule has 184 valence electrons.